The van der Waals surface area contributed by atoms with E-state index in [9.17, 15) is 45.3 Å². The molecular formula is C40H53NO15. The van der Waals surface area contributed by atoms with Crippen molar-refractivity contribution in [3.05, 3.63) is 51.6 Å². The molecule has 0 spiro atoms. The molecule has 7 N–H and O–H groups in total. The predicted molar refractivity (Wildman–Crippen MR) is 194 cm³/mol. The Hall–Kier alpha value is -3.26. The maximum atomic E-state index is 13.8. The van der Waals surface area contributed by atoms with Gasteiger partial charge >= 0.3 is 0 Å². The Labute approximate surface area is 324 Å². The van der Waals surface area contributed by atoms with Gasteiger partial charge in [-0.05, 0) is 53.8 Å². The van der Waals surface area contributed by atoms with Crippen LogP contribution in [-0.4, -0.2) is 140 Å². The van der Waals surface area contributed by atoms with Crippen LogP contribution in [-0.2, 0) is 28.4 Å². The SMILES string of the molecule is CC[C@@]1(O)C[C@H](O)c2c(O)c3c(c(O)c2[C@H]1OC1CC(N(C)C)C(OC2CC(O)C(OC4CCC(O)C(C)O4)C(C)O2)C(C)O1)C(=O)c1cccc(O)c1C3=O. The van der Waals surface area contributed by atoms with Gasteiger partial charge in [0.1, 0.15) is 35.6 Å². The Morgan fingerprint density at radius 2 is 1.36 bits per heavy atom. The molecule has 3 fully saturated rings. The molecule has 2 aliphatic carbocycles. The van der Waals surface area contributed by atoms with Crippen LogP contribution in [0.3, 0.4) is 0 Å². The number of carbonyl (C=O) groups is 2. The number of phenols is 3. The second-order valence-electron chi connectivity index (χ2n) is 16.1. The van der Waals surface area contributed by atoms with Gasteiger partial charge in [-0.2, -0.15) is 0 Å². The molecule has 0 aromatic heterocycles. The number of likely N-dealkylation sites (N-methyl/N-ethyl adjacent to an activating group) is 1. The zero-order valence-electron chi connectivity index (χ0n) is 32.3. The summed E-state index contributed by atoms with van der Waals surface area (Å²) in [6, 6.07) is 3.56. The molecular weight excluding hydrogens is 734 g/mol. The van der Waals surface area contributed by atoms with Crippen LogP contribution in [0.1, 0.15) is 121 Å². The van der Waals surface area contributed by atoms with E-state index < -0.39 is 119 Å². The highest BCUT2D eigenvalue weighted by Crippen LogP contribution is 2.56. The van der Waals surface area contributed by atoms with Crippen molar-refractivity contribution in [3.8, 4) is 17.2 Å². The molecule has 56 heavy (non-hydrogen) atoms. The highest BCUT2D eigenvalue weighted by molar-refractivity contribution is 6.31. The molecule has 11 unspecified atom stereocenters. The molecule has 3 aliphatic heterocycles. The van der Waals surface area contributed by atoms with Gasteiger partial charge in [0, 0.05) is 48.4 Å². The monoisotopic (exact) mass is 787 g/mol. The number of aliphatic hydroxyl groups excluding tert-OH is 3. The van der Waals surface area contributed by atoms with Crippen LogP contribution in [0.15, 0.2) is 18.2 Å². The fraction of sp³-hybridized carbons (Fsp3) is 0.650. The summed E-state index contributed by atoms with van der Waals surface area (Å²) >= 11 is 0. The topological polar surface area (TPSA) is 234 Å². The lowest BCUT2D eigenvalue weighted by atomic mass is 9.70. The Bertz CT molecular complexity index is 1830. The van der Waals surface area contributed by atoms with Crippen LogP contribution in [0.5, 0.6) is 17.2 Å². The minimum atomic E-state index is -1.82. The predicted octanol–water partition coefficient (Wildman–Crippen LogP) is 2.43. The maximum absolute atomic E-state index is 13.8. The zero-order valence-corrected chi connectivity index (χ0v) is 32.3. The summed E-state index contributed by atoms with van der Waals surface area (Å²) in [6.07, 6.45) is -8.89. The number of fused-ring (bicyclic) bond motifs is 3. The summed E-state index contributed by atoms with van der Waals surface area (Å²) in [4.78, 5) is 29.4. The molecule has 0 bridgehead atoms. The Morgan fingerprint density at radius 3 is 2.00 bits per heavy atom. The van der Waals surface area contributed by atoms with Gasteiger partial charge in [-0.3, -0.25) is 9.59 Å². The van der Waals surface area contributed by atoms with Crippen molar-refractivity contribution < 1.29 is 73.8 Å². The second kappa shape index (κ2) is 15.5. The molecule has 2 aromatic rings. The first-order valence-electron chi connectivity index (χ1n) is 19.3. The number of ketones is 2. The third-order valence-corrected chi connectivity index (χ3v) is 12.2. The molecule has 0 amide bonds. The molecule has 3 heterocycles. The molecule has 308 valence electrons. The quantitative estimate of drug-likeness (QED) is 0.163. The lowest BCUT2D eigenvalue weighted by molar-refractivity contribution is -0.331. The summed E-state index contributed by atoms with van der Waals surface area (Å²) < 4.78 is 37.4. The lowest BCUT2D eigenvalue weighted by Crippen LogP contribution is -2.58. The van der Waals surface area contributed by atoms with Crippen LogP contribution < -0.4 is 0 Å². The average molecular weight is 788 g/mol. The Balaban J connectivity index is 1.12. The van der Waals surface area contributed by atoms with Crippen LogP contribution in [0, 0.1) is 0 Å². The van der Waals surface area contributed by atoms with E-state index in [1.54, 1.807) is 27.7 Å². The van der Waals surface area contributed by atoms with E-state index >= 15 is 0 Å². The number of nitrogens with zero attached hydrogens (tertiary/aromatic N) is 1. The molecule has 0 saturated carbocycles. The number of carbonyl (C=O) groups excluding carboxylic acids is 2. The van der Waals surface area contributed by atoms with Crippen molar-refractivity contribution in [2.24, 2.45) is 0 Å². The highest BCUT2D eigenvalue weighted by Gasteiger charge is 2.53. The summed E-state index contributed by atoms with van der Waals surface area (Å²) in [6.45, 7) is 7.00. The first-order chi connectivity index (χ1) is 26.4. The molecule has 16 nitrogen and oxygen atoms in total. The standard InChI is InChI=1S/C40H53NO15/c1-7-40(50)15-24(45)29-32(36(49)30-31(35(29)48)34(47)28-19(33(30)46)9-8-10-22(28)43)39(40)56-26-13-20(41(5)6)37(17(3)52-26)55-27-14-23(44)38(18(4)53-27)54-25-12-11-21(42)16(2)51-25/h8-10,16-18,20-21,23-27,37-39,42-45,48-50H,7,11-15H2,1-6H3/t16?,17?,18?,20?,21?,23?,24-,25?,26?,27?,37?,38?,39+,40+/m0/s1. The molecule has 3 saturated heterocycles. The van der Waals surface area contributed by atoms with Gasteiger partial charge in [0.15, 0.2) is 24.7 Å². The van der Waals surface area contributed by atoms with Gasteiger partial charge in [0.05, 0.1) is 58.9 Å². The third kappa shape index (κ3) is 7.02. The maximum Gasteiger partial charge on any atom is 0.202 e. The number of aliphatic hydroxyl groups is 4. The van der Waals surface area contributed by atoms with Gasteiger partial charge in [-0.1, -0.05) is 19.1 Å². The smallest absolute Gasteiger partial charge is 0.202 e. The van der Waals surface area contributed by atoms with Gasteiger partial charge in [0.2, 0.25) is 5.78 Å². The van der Waals surface area contributed by atoms with E-state index in [1.165, 1.54) is 18.2 Å². The van der Waals surface area contributed by atoms with E-state index in [1.807, 2.05) is 19.0 Å². The first-order valence-corrected chi connectivity index (χ1v) is 19.3. The normalized spacial score (nSPS) is 38.6. The van der Waals surface area contributed by atoms with E-state index in [2.05, 4.69) is 0 Å². The number of rotatable bonds is 8. The minimum absolute atomic E-state index is 0.0260. The third-order valence-electron chi connectivity index (χ3n) is 12.2. The zero-order chi connectivity index (χ0) is 40.5. The van der Waals surface area contributed by atoms with Gasteiger partial charge in [0.25, 0.3) is 0 Å². The van der Waals surface area contributed by atoms with Crippen LogP contribution in [0.25, 0.3) is 0 Å². The first kappa shape index (κ1) is 40.9. The van der Waals surface area contributed by atoms with Crippen molar-refractivity contribution in [3.63, 3.8) is 0 Å². The lowest BCUT2D eigenvalue weighted by Gasteiger charge is -2.49. The van der Waals surface area contributed by atoms with E-state index in [4.69, 9.17) is 28.4 Å². The Morgan fingerprint density at radius 1 is 0.750 bits per heavy atom. The fourth-order valence-electron chi connectivity index (χ4n) is 9.03. The summed E-state index contributed by atoms with van der Waals surface area (Å²) in [7, 11) is 3.70. The van der Waals surface area contributed by atoms with Gasteiger partial charge in [-0.15, -0.1) is 0 Å². The molecule has 5 aliphatic rings. The number of phenolic OH excluding ortho intramolecular Hbond substituents is 3. The van der Waals surface area contributed by atoms with Gasteiger partial charge in [-0.25, -0.2) is 0 Å². The largest absolute Gasteiger partial charge is 0.507 e. The molecule has 7 rings (SSSR count). The summed E-state index contributed by atoms with van der Waals surface area (Å²) in [5, 5.41) is 78.4. The fourth-order valence-corrected chi connectivity index (χ4v) is 9.03. The number of aromatic hydroxyl groups is 3. The molecule has 16 heteroatoms. The van der Waals surface area contributed by atoms with Crippen molar-refractivity contribution in [2.45, 2.75) is 152 Å². The number of benzene rings is 2. The number of ether oxygens (including phenoxy) is 6. The van der Waals surface area contributed by atoms with Crippen molar-refractivity contribution in [1.29, 1.82) is 0 Å². The molecule has 0 radical (unpaired) electrons. The van der Waals surface area contributed by atoms with Crippen molar-refractivity contribution >= 4 is 11.6 Å². The van der Waals surface area contributed by atoms with Crippen molar-refractivity contribution in [1.82, 2.24) is 4.90 Å². The number of hydrogen-bond acceptors (Lipinski definition) is 16. The average Bonchev–Trinajstić information content (AvgIpc) is 3.13. The summed E-state index contributed by atoms with van der Waals surface area (Å²) in [5.74, 6) is -3.72. The van der Waals surface area contributed by atoms with Crippen LogP contribution in [0.2, 0.25) is 0 Å². The van der Waals surface area contributed by atoms with E-state index in [0.29, 0.717) is 12.8 Å². The molecule has 14 atom stereocenters. The molecule has 2 aromatic carbocycles. The second-order valence-corrected chi connectivity index (χ2v) is 16.1. The highest BCUT2D eigenvalue weighted by atomic mass is 16.7. The van der Waals surface area contributed by atoms with Gasteiger partial charge < -0.3 is 69.1 Å². The number of hydrogen-bond donors (Lipinski definition) is 7. The van der Waals surface area contributed by atoms with Crippen LogP contribution in [0.4, 0.5) is 0 Å². The van der Waals surface area contributed by atoms with Crippen molar-refractivity contribution in [2.75, 3.05) is 14.1 Å². The van der Waals surface area contributed by atoms with E-state index in [-0.39, 0.29) is 54.0 Å². The summed E-state index contributed by atoms with van der Waals surface area (Å²) in [5.41, 5.74) is -3.94. The van der Waals surface area contributed by atoms with E-state index in [0.717, 1.165) is 0 Å². The minimum Gasteiger partial charge on any atom is -0.507 e. The van der Waals surface area contributed by atoms with Crippen LogP contribution >= 0.6 is 0 Å². The Kier molecular flexibility index (Phi) is 11.3.